The van der Waals surface area contributed by atoms with Crippen molar-refractivity contribution in [1.82, 2.24) is 51.3 Å². The number of rotatable bonds is 14. The quantitative estimate of drug-likeness (QED) is 0.104. The molecule has 18 nitrogen and oxygen atoms in total. The van der Waals surface area contributed by atoms with Crippen LogP contribution in [0.5, 0.6) is 0 Å². The van der Waals surface area contributed by atoms with Gasteiger partial charge in [-0.1, -0.05) is 0 Å². The van der Waals surface area contributed by atoms with Crippen LogP contribution in [0.2, 0.25) is 0 Å². The lowest BCUT2D eigenvalue weighted by Gasteiger charge is -2.34. The Kier molecular flexibility index (Phi) is 11.2. The molecule has 3 atom stereocenters. The lowest BCUT2D eigenvalue weighted by molar-refractivity contribution is 0.360. The molecule has 0 bridgehead atoms. The number of nitrogens with zero attached hydrogens (tertiary/aromatic N) is 8. The minimum absolute atomic E-state index is 0.239. The summed E-state index contributed by atoms with van der Waals surface area (Å²) in [5, 5.41) is 16.0. The average molecular weight is 685 g/mol. The predicted molar refractivity (Wildman–Crippen MR) is 198 cm³/mol. The number of aromatic nitrogens is 3. The van der Waals surface area contributed by atoms with Gasteiger partial charge in [0.25, 0.3) is 0 Å². The second-order valence-electron chi connectivity index (χ2n) is 12.2. The third kappa shape index (κ3) is 9.57. The van der Waals surface area contributed by atoms with Crippen molar-refractivity contribution in [3.63, 3.8) is 0 Å². The molecule has 6 rings (SSSR count). The highest BCUT2D eigenvalue weighted by Gasteiger charge is 2.26. The molecule has 3 unspecified atom stereocenters. The van der Waals surface area contributed by atoms with Crippen LogP contribution < -0.4 is 38.1 Å². The predicted octanol–water partition coefficient (Wildman–Crippen LogP) is -0.637. The molecule has 3 aliphatic rings. The molecule has 0 radical (unpaired) electrons. The zero-order valence-corrected chi connectivity index (χ0v) is 28.5. The molecule has 0 saturated heterocycles. The van der Waals surface area contributed by atoms with Gasteiger partial charge in [-0.3, -0.25) is 16.0 Å². The zero-order chi connectivity index (χ0) is 34.7. The normalized spacial score (nSPS) is 20.1. The molecule has 18 heteroatoms. The molecule has 12 N–H and O–H groups in total. The van der Waals surface area contributed by atoms with Gasteiger partial charge in [-0.25, -0.2) is 30.0 Å². The van der Waals surface area contributed by atoms with E-state index in [9.17, 15) is 0 Å². The molecule has 266 valence electrons. The van der Waals surface area contributed by atoms with Crippen LogP contribution in [-0.4, -0.2) is 119 Å². The van der Waals surface area contributed by atoms with Crippen molar-refractivity contribution >= 4 is 35.8 Å². The van der Waals surface area contributed by atoms with Crippen molar-refractivity contribution in [2.45, 2.75) is 51.1 Å². The summed E-state index contributed by atoms with van der Waals surface area (Å²) in [4.78, 5) is 42.1. The molecule has 0 aromatic carbocycles. The van der Waals surface area contributed by atoms with Gasteiger partial charge >= 0.3 is 0 Å². The Hall–Kier alpha value is -5.94. The van der Waals surface area contributed by atoms with Crippen LogP contribution in [0.3, 0.4) is 0 Å². The van der Waals surface area contributed by atoms with Gasteiger partial charge in [-0.05, 0) is 61.1 Å². The van der Waals surface area contributed by atoms with Crippen LogP contribution in [0.4, 0.5) is 0 Å². The number of guanidine groups is 6. The van der Waals surface area contributed by atoms with E-state index in [-0.39, 0.29) is 12.3 Å². The van der Waals surface area contributed by atoms with E-state index >= 15 is 0 Å². The molecule has 6 heterocycles. The minimum Gasteiger partial charge on any atom is -0.370 e. The van der Waals surface area contributed by atoms with Crippen LogP contribution >= 0.6 is 0 Å². The first-order valence-corrected chi connectivity index (χ1v) is 17.0. The van der Waals surface area contributed by atoms with Crippen molar-refractivity contribution in [2.75, 3.05) is 39.8 Å². The molecule has 3 aromatic rings. The van der Waals surface area contributed by atoms with Gasteiger partial charge in [-0.2, -0.15) is 0 Å². The van der Waals surface area contributed by atoms with Crippen molar-refractivity contribution in [3.8, 4) is 0 Å². The Labute approximate surface area is 291 Å². The number of nitrogens with one attached hydrogen (secondary N) is 8. The fourth-order valence-electron chi connectivity index (χ4n) is 5.82. The van der Waals surface area contributed by atoms with Gasteiger partial charge in [0.15, 0.2) is 30.0 Å². The molecular formula is C32H48N18. The maximum absolute atomic E-state index is 6.42. The summed E-state index contributed by atoms with van der Waals surface area (Å²) in [7, 11) is 1.83. The summed E-state index contributed by atoms with van der Waals surface area (Å²) in [5.74, 6) is 3.26. The first kappa shape index (κ1) is 33.9. The van der Waals surface area contributed by atoms with Crippen molar-refractivity contribution < 1.29 is 0 Å². The van der Waals surface area contributed by atoms with E-state index in [0.717, 1.165) is 19.3 Å². The Morgan fingerprint density at radius 2 is 1.28 bits per heavy atom. The molecule has 0 fully saturated rings. The van der Waals surface area contributed by atoms with E-state index in [1.54, 1.807) is 0 Å². The van der Waals surface area contributed by atoms with Crippen LogP contribution in [0.25, 0.3) is 0 Å². The Bertz CT molecular complexity index is 1680. The van der Waals surface area contributed by atoms with E-state index in [1.807, 2.05) is 51.2 Å². The highest BCUT2D eigenvalue weighted by Crippen LogP contribution is 2.13. The number of hydrogen-bond donors (Lipinski definition) is 10. The van der Waals surface area contributed by atoms with Crippen molar-refractivity contribution in [2.24, 2.45) is 41.4 Å². The fraction of sp³-hybridized carbons (Fsp3) is 0.438. The molecule has 3 aliphatic heterocycles. The van der Waals surface area contributed by atoms with E-state index in [1.165, 1.54) is 16.7 Å². The van der Waals surface area contributed by atoms with Crippen LogP contribution in [0.15, 0.2) is 85.3 Å². The molecular weight excluding hydrogens is 636 g/mol. The molecule has 0 aliphatic carbocycles. The highest BCUT2D eigenvalue weighted by molar-refractivity contribution is 6.01. The topological polar surface area (TPSA) is 240 Å². The fourth-order valence-corrected chi connectivity index (χ4v) is 5.82. The number of H-pyrrole nitrogens is 3. The van der Waals surface area contributed by atoms with Crippen molar-refractivity contribution in [1.29, 1.82) is 0 Å². The Morgan fingerprint density at radius 1 is 0.660 bits per heavy atom. The van der Waals surface area contributed by atoms with Crippen LogP contribution in [0, 0.1) is 0 Å². The first-order chi connectivity index (χ1) is 24.4. The third-order valence-electron chi connectivity index (χ3n) is 8.38. The highest BCUT2D eigenvalue weighted by atomic mass is 15.4. The Morgan fingerprint density at radius 3 is 1.94 bits per heavy atom. The van der Waals surface area contributed by atoms with Gasteiger partial charge in [0.2, 0.25) is 11.9 Å². The summed E-state index contributed by atoms with van der Waals surface area (Å²) in [6.07, 6.45) is 13.7. The van der Waals surface area contributed by atoms with E-state index < -0.39 is 6.17 Å². The molecule has 0 saturated carbocycles. The number of nitrogens with two attached hydrogens (primary N) is 2. The summed E-state index contributed by atoms with van der Waals surface area (Å²) in [5.41, 5.74) is 16.2. The monoisotopic (exact) mass is 684 g/mol. The van der Waals surface area contributed by atoms with Gasteiger partial charge in [0, 0.05) is 76.8 Å². The molecule has 0 spiro atoms. The standard InChI is InChI=1S/C32H48N18/c1-21-40-29(35-2)48-31(41-21)50(15-8-24-5-12-38-19-24)20-26-43-28(34)47-32(45-26)49(14-7-23-4-11-37-18-23)16-9-25-42-27(33)46-30(44-25)39-13-6-22-3-10-36-17-22/h3-5,10-12,17-19,21,25-26,36-38H,6-9,13-16,20H2,1-2H3,(H3,34,43,45,47)(H2,35,40,41,48)(H4,33,39,42,44,46). The van der Waals surface area contributed by atoms with E-state index in [0.29, 0.717) is 74.9 Å². The van der Waals surface area contributed by atoms with Crippen LogP contribution in [0.1, 0.15) is 30.0 Å². The smallest absolute Gasteiger partial charge is 0.203 e. The molecule has 3 aromatic heterocycles. The third-order valence-corrected chi connectivity index (χ3v) is 8.38. The summed E-state index contributed by atoms with van der Waals surface area (Å²) in [6, 6.07) is 6.20. The SMILES string of the molecule is CNC1=NC(C)N=C(N(CCc2cc[nH]c2)CC2N=C(N)NC(N(CCc3cc[nH]c3)CCC3N=C(N)NC(NCCc4cc[nH]c4)=N3)=N2)N1. The maximum atomic E-state index is 6.42. The lowest BCUT2D eigenvalue weighted by Crippen LogP contribution is -2.55. The summed E-state index contributed by atoms with van der Waals surface area (Å²) < 4.78 is 0. The van der Waals surface area contributed by atoms with Crippen molar-refractivity contribution in [3.05, 3.63) is 72.1 Å². The number of aromatic amines is 3. The average Bonchev–Trinajstić information content (AvgIpc) is 3.91. The van der Waals surface area contributed by atoms with Gasteiger partial charge in [0.1, 0.15) is 12.3 Å². The van der Waals surface area contributed by atoms with E-state index in [4.69, 9.17) is 26.4 Å². The number of hydrogen-bond acceptors (Lipinski definition) is 15. The minimum atomic E-state index is -0.481. The summed E-state index contributed by atoms with van der Waals surface area (Å²) >= 11 is 0. The molecule has 50 heavy (non-hydrogen) atoms. The second kappa shape index (κ2) is 16.4. The zero-order valence-electron chi connectivity index (χ0n) is 28.5. The van der Waals surface area contributed by atoms with Gasteiger partial charge < -0.3 is 46.9 Å². The number of aliphatic imine (C=N–C) groups is 6. The lowest BCUT2D eigenvalue weighted by atomic mass is 10.2. The second-order valence-corrected chi connectivity index (χ2v) is 12.2. The van der Waals surface area contributed by atoms with Gasteiger partial charge in [0.05, 0.1) is 6.54 Å². The van der Waals surface area contributed by atoms with E-state index in [2.05, 4.69) is 84.5 Å². The maximum Gasteiger partial charge on any atom is 0.203 e. The van der Waals surface area contributed by atoms with Gasteiger partial charge in [-0.15, -0.1) is 0 Å². The largest absolute Gasteiger partial charge is 0.370 e. The van der Waals surface area contributed by atoms with Crippen LogP contribution in [-0.2, 0) is 19.3 Å². The molecule has 0 amide bonds. The first-order valence-electron chi connectivity index (χ1n) is 17.0. The summed E-state index contributed by atoms with van der Waals surface area (Å²) in [6.45, 7) is 5.08. The Balaban J connectivity index is 1.16.